The fraction of sp³-hybridized carbons (Fsp3) is 0.154. The first-order valence-electron chi connectivity index (χ1n) is 10.9. The third kappa shape index (κ3) is 4.24. The fourth-order valence-electron chi connectivity index (χ4n) is 4.20. The summed E-state index contributed by atoms with van der Waals surface area (Å²) in [5, 5.41) is 10.1. The van der Waals surface area contributed by atoms with E-state index in [1.165, 1.54) is 0 Å². The van der Waals surface area contributed by atoms with Gasteiger partial charge in [0.05, 0.1) is 16.3 Å². The van der Waals surface area contributed by atoms with E-state index in [2.05, 4.69) is 79.6 Å². The van der Waals surface area contributed by atoms with Gasteiger partial charge in [0, 0.05) is 46.6 Å². The number of nitrogens with one attached hydrogen (secondary N) is 3. The molecule has 3 N–H and O–H groups in total. The molecule has 5 rings (SSSR count). The number of amides is 2. The molecule has 3 aromatic carbocycles. The van der Waals surface area contributed by atoms with Gasteiger partial charge < -0.3 is 20.2 Å². The number of rotatable bonds is 5. The van der Waals surface area contributed by atoms with E-state index in [4.69, 9.17) is 4.99 Å². The van der Waals surface area contributed by atoms with Gasteiger partial charge in [-0.3, -0.25) is 4.99 Å². The molecule has 0 unspecified atom stereocenters. The molecule has 2 heterocycles. The Morgan fingerprint density at radius 3 is 2.67 bits per heavy atom. The van der Waals surface area contributed by atoms with Gasteiger partial charge in [-0.05, 0) is 42.8 Å². The Kier molecular flexibility index (Phi) is 5.88. The van der Waals surface area contributed by atoms with Gasteiger partial charge in [0.2, 0.25) is 0 Å². The first-order chi connectivity index (χ1) is 16.1. The fourth-order valence-corrected chi connectivity index (χ4v) is 4.56. The molecule has 0 saturated carbocycles. The number of H-pyrrole nitrogens is 1. The summed E-state index contributed by atoms with van der Waals surface area (Å²) in [5.41, 5.74) is 4.02. The number of urea groups is 1. The Labute approximate surface area is 199 Å². The Morgan fingerprint density at radius 1 is 1.03 bits per heavy atom. The molecule has 0 aliphatic rings. The average Bonchev–Trinajstić information content (AvgIpc) is 3.21. The standard InChI is InChI=1S/C26H24BrN5O/c1-32-22-13-12-17(27)16-20(22)24(23-19-10-5-6-11-21(19)31-25(23)32)28-14-7-15-29-26(33)30-18-8-3-2-4-9-18/h2-6,8-13,16,31H,7,14-15H2,1H3,(H2,29,30,33). The number of halogens is 1. The Hall–Kier alpha value is -3.58. The first kappa shape index (κ1) is 21.3. The molecule has 0 radical (unpaired) electrons. The zero-order valence-corrected chi connectivity index (χ0v) is 19.8. The predicted octanol–water partition coefficient (Wildman–Crippen LogP) is 5.69. The molecular formula is C26H24BrN5O. The van der Waals surface area contributed by atoms with Crippen LogP contribution in [0.2, 0.25) is 0 Å². The average molecular weight is 502 g/mol. The lowest BCUT2D eigenvalue weighted by atomic mass is 10.1. The number of aromatic nitrogens is 2. The summed E-state index contributed by atoms with van der Waals surface area (Å²) in [5.74, 6) is 0. The normalized spacial score (nSPS) is 12.0. The molecule has 2 aromatic heterocycles. The number of aromatic amines is 1. The van der Waals surface area contributed by atoms with E-state index in [-0.39, 0.29) is 6.03 Å². The second kappa shape index (κ2) is 9.11. The molecule has 0 saturated heterocycles. The minimum atomic E-state index is -0.207. The van der Waals surface area contributed by atoms with Crippen molar-refractivity contribution in [3.05, 3.63) is 82.6 Å². The monoisotopic (exact) mass is 501 g/mol. The van der Waals surface area contributed by atoms with Crippen molar-refractivity contribution in [3.8, 4) is 0 Å². The van der Waals surface area contributed by atoms with E-state index < -0.39 is 0 Å². The second-order valence-electron chi connectivity index (χ2n) is 7.95. The molecule has 33 heavy (non-hydrogen) atoms. The van der Waals surface area contributed by atoms with Crippen molar-refractivity contribution in [1.82, 2.24) is 14.9 Å². The summed E-state index contributed by atoms with van der Waals surface area (Å²) in [6, 6.07) is 23.8. The van der Waals surface area contributed by atoms with Gasteiger partial charge >= 0.3 is 6.03 Å². The maximum atomic E-state index is 12.1. The zero-order valence-electron chi connectivity index (χ0n) is 18.2. The van der Waals surface area contributed by atoms with Gasteiger partial charge in [-0.15, -0.1) is 0 Å². The van der Waals surface area contributed by atoms with Crippen molar-refractivity contribution in [2.75, 3.05) is 18.4 Å². The molecule has 0 fully saturated rings. The number of carbonyl (C=O) groups excluding carboxylic acids is 1. The molecule has 0 atom stereocenters. The highest BCUT2D eigenvalue weighted by molar-refractivity contribution is 9.10. The van der Waals surface area contributed by atoms with Crippen molar-refractivity contribution in [3.63, 3.8) is 0 Å². The Bertz CT molecular complexity index is 1540. The van der Waals surface area contributed by atoms with E-state index in [1.54, 1.807) is 0 Å². The largest absolute Gasteiger partial charge is 0.341 e. The van der Waals surface area contributed by atoms with Crippen LogP contribution in [0.3, 0.4) is 0 Å². The summed E-state index contributed by atoms with van der Waals surface area (Å²) in [6.45, 7) is 1.15. The maximum absolute atomic E-state index is 12.1. The highest BCUT2D eigenvalue weighted by Crippen LogP contribution is 2.27. The van der Waals surface area contributed by atoms with Crippen LogP contribution in [0, 0.1) is 0 Å². The van der Waals surface area contributed by atoms with Crippen molar-refractivity contribution < 1.29 is 4.79 Å². The quantitative estimate of drug-likeness (QED) is 0.266. The van der Waals surface area contributed by atoms with Gasteiger partial charge in [0.1, 0.15) is 5.65 Å². The molecule has 0 aliphatic heterocycles. The van der Waals surface area contributed by atoms with Crippen LogP contribution < -0.4 is 16.0 Å². The van der Waals surface area contributed by atoms with Gasteiger partial charge in [0.15, 0.2) is 0 Å². The number of fused-ring (bicyclic) bond motifs is 4. The third-order valence-corrected chi connectivity index (χ3v) is 6.25. The van der Waals surface area contributed by atoms with E-state index in [9.17, 15) is 4.79 Å². The lowest BCUT2D eigenvalue weighted by Gasteiger charge is -2.10. The molecule has 5 aromatic rings. The number of anilines is 1. The van der Waals surface area contributed by atoms with Crippen LogP contribution in [0.1, 0.15) is 6.42 Å². The van der Waals surface area contributed by atoms with E-state index in [0.29, 0.717) is 13.1 Å². The number of hydrogen-bond acceptors (Lipinski definition) is 2. The van der Waals surface area contributed by atoms with Crippen molar-refractivity contribution >= 4 is 60.5 Å². The first-order valence-corrected chi connectivity index (χ1v) is 11.7. The second-order valence-corrected chi connectivity index (χ2v) is 8.86. The molecule has 7 heteroatoms. The van der Waals surface area contributed by atoms with E-state index in [1.807, 2.05) is 36.4 Å². The van der Waals surface area contributed by atoms with Crippen LogP contribution in [0.4, 0.5) is 10.5 Å². The minimum absolute atomic E-state index is 0.207. The molecule has 0 bridgehead atoms. The van der Waals surface area contributed by atoms with Gasteiger partial charge in [0.25, 0.3) is 0 Å². The lowest BCUT2D eigenvalue weighted by molar-refractivity contribution is 0.252. The summed E-state index contributed by atoms with van der Waals surface area (Å²) in [4.78, 5) is 20.7. The van der Waals surface area contributed by atoms with Crippen molar-refractivity contribution in [2.45, 2.75) is 6.42 Å². The van der Waals surface area contributed by atoms with Gasteiger partial charge in [-0.25, -0.2) is 4.79 Å². The Balaban J connectivity index is 1.44. The van der Waals surface area contributed by atoms with Gasteiger partial charge in [-0.2, -0.15) is 0 Å². The molecule has 0 spiro atoms. The number of carbonyl (C=O) groups is 1. The van der Waals surface area contributed by atoms with E-state index >= 15 is 0 Å². The molecular weight excluding hydrogens is 478 g/mol. The number of hydrogen-bond donors (Lipinski definition) is 3. The predicted molar refractivity (Wildman–Crippen MR) is 138 cm³/mol. The topological polar surface area (TPSA) is 74.2 Å². The lowest BCUT2D eigenvalue weighted by Crippen LogP contribution is -2.29. The van der Waals surface area contributed by atoms with Gasteiger partial charge in [-0.1, -0.05) is 52.3 Å². The summed E-state index contributed by atoms with van der Waals surface area (Å²) in [7, 11) is 2.08. The van der Waals surface area contributed by atoms with Crippen LogP contribution in [-0.2, 0) is 7.05 Å². The van der Waals surface area contributed by atoms with Crippen LogP contribution in [0.5, 0.6) is 0 Å². The molecule has 2 amide bonds. The number of nitrogens with zero attached hydrogens (tertiary/aromatic N) is 2. The van der Waals surface area contributed by atoms with E-state index in [0.717, 1.165) is 54.8 Å². The zero-order chi connectivity index (χ0) is 22.8. The number of pyridine rings is 1. The maximum Gasteiger partial charge on any atom is 0.319 e. The summed E-state index contributed by atoms with van der Waals surface area (Å²) >= 11 is 3.62. The highest BCUT2D eigenvalue weighted by Gasteiger charge is 2.13. The number of aryl methyl sites for hydroxylation is 1. The molecule has 166 valence electrons. The Morgan fingerprint density at radius 2 is 1.82 bits per heavy atom. The van der Waals surface area contributed by atoms with Crippen LogP contribution >= 0.6 is 15.9 Å². The minimum Gasteiger partial charge on any atom is -0.341 e. The van der Waals surface area contributed by atoms with Crippen LogP contribution in [0.15, 0.2) is 82.3 Å². The SMILES string of the molecule is Cn1c2ccc(Br)cc2c(=NCCCNC(=O)Nc2ccccc2)c2c3ccccc3[nH]c21. The number of para-hydroxylation sites is 2. The van der Waals surface area contributed by atoms with Crippen molar-refractivity contribution in [2.24, 2.45) is 12.0 Å². The smallest absolute Gasteiger partial charge is 0.319 e. The van der Waals surface area contributed by atoms with Crippen LogP contribution in [-0.4, -0.2) is 28.7 Å². The summed E-state index contributed by atoms with van der Waals surface area (Å²) in [6.07, 6.45) is 0.739. The van der Waals surface area contributed by atoms with Crippen molar-refractivity contribution in [1.29, 1.82) is 0 Å². The third-order valence-electron chi connectivity index (χ3n) is 5.76. The van der Waals surface area contributed by atoms with Crippen LogP contribution in [0.25, 0.3) is 32.8 Å². The molecule has 6 nitrogen and oxygen atoms in total. The summed E-state index contributed by atoms with van der Waals surface area (Å²) < 4.78 is 3.20. The highest BCUT2D eigenvalue weighted by atomic mass is 79.9. The molecule has 0 aliphatic carbocycles. The number of benzene rings is 3.